The topological polar surface area (TPSA) is 79.2 Å². The van der Waals surface area contributed by atoms with Gasteiger partial charge in [-0.25, -0.2) is 9.78 Å². The molecule has 3 aromatic rings. The highest BCUT2D eigenvalue weighted by molar-refractivity contribution is 5.85. The molecule has 2 fully saturated rings. The Morgan fingerprint density at radius 3 is 2.50 bits per heavy atom. The number of nitrogens with zero attached hydrogens (tertiary/aromatic N) is 4. The number of carbonyl (C=O) groups is 2. The van der Waals surface area contributed by atoms with Crippen LogP contribution in [0.3, 0.4) is 0 Å². The van der Waals surface area contributed by atoms with Crippen molar-refractivity contribution in [3.63, 3.8) is 0 Å². The van der Waals surface area contributed by atoms with Gasteiger partial charge in [-0.15, -0.1) is 0 Å². The Morgan fingerprint density at radius 1 is 1.00 bits per heavy atom. The summed E-state index contributed by atoms with van der Waals surface area (Å²) in [4.78, 5) is 34.6. The van der Waals surface area contributed by atoms with Crippen LogP contribution in [0.2, 0.25) is 0 Å². The van der Waals surface area contributed by atoms with E-state index in [-0.39, 0.29) is 18.4 Å². The molecule has 2 amide bonds. The molecule has 34 heavy (non-hydrogen) atoms. The number of hydrogen-bond acceptors (Lipinski definition) is 5. The molecule has 2 aromatic heterocycles. The van der Waals surface area contributed by atoms with Crippen molar-refractivity contribution in [2.75, 3.05) is 37.7 Å². The lowest BCUT2D eigenvalue weighted by Gasteiger charge is -2.41. The number of rotatable bonds is 5. The second-order valence-corrected chi connectivity index (χ2v) is 9.41. The average Bonchev–Trinajstić information content (AvgIpc) is 3.35. The molecule has 1 aliphatic heterocycles. The van der Waals surface area contributed by atoms with Gasteiger partial charge in [0.1, 0.15) is 0 Å². The van der Waals surface area contributed by atoms with Gasteiger partial charge in [0.25, 0.3) is 0 Å². The zero-order valence-corrected chi connectivity index (χ0v) is 19.8. The molecular formula is C26H33N5O3. The number of anilines is 1. The average molecular weight is 464 g/mol. The zero-order chi connectivity index (χ0) is 23.5. The maximum absolute atomic E-state index is 13.2. The van der Waals surface area contributed by atoms with Crippen molar-refractivity contribution in [1.82, 2.24) is 19.6 Å². The van der Waals surface area contributed by atoms with Gasteiger partial charge in [-0.3, -0.25) is 4.79 Å². The minimum atomic E-state index is -0.489. The van der Waals surface area contributed by atoms with Gasteiger partial charge in [0.2, 0.25) is 0 Å². The Hall–Kier alpha value is -3.29. The summed E-state index contributed by atoms with van der Waals surface area (Å²) in [5.74, 6) is 0.725. The maximum Gasteiger partial charge on any atom is 0.317 e. The third-order valence-electron chi connectivity index (χ3n) is 7.18. The first-order valence-corrected chi connectivity index (χ1v) is 12.4. The van der Waals surface area contributed by atoms with E-state index >= 15 is 0 Å². The molecule has 1 saturated heterocycles. The van der Waals surface area contributed by atoms with Crippen LogP contribution in [0.4, 0.5) is 10.6 Å². The number of piperazine rings is 1. The van der Waals surface area contributed by atoms with Crippen molar-refractivity contribution in [2.24, 2.45) is 0 Å². The standard InChI is InChI=1S/C26H33N5O3/c1-2-34-23(32)19-26(12-6-3-7-13-26)28-25(33)30-17-15-29(16-18-30)24-22-11-8-14-31(22)21-10-5-4-9-20(21)27-24/h4-5,8-11,14H,2-3,6-7,12-13,15-19H2,1H3,(H,28,33). The van der Waals surface area contributed by atoms with Crippen LogP contribution in [0, 0.1) is 0 Å². The van der Waals surface area contributed by atoms with Crippen LogP contribution in [0.25, 0.3) is 16.6 Å². The largest absolute Gasteiger partial charge is 0.466 e. The van der Waals surface area contributed by atoms with Crippen LogP contribution in [0.1, 0.15) is 45.4 Å². The van der Waals surface area contributed by atoms with Crippen molar-refractivity contribution in [3.8, 4) is 0 Å². The number of aromatic nitrogens is 2. The van der Waals surface area contributed by atoms with Crippen molar-refractivity contribution >= 4 is 34.4 Å². The Kier molecular flexibility index (Phi) is 6.30. The highest BCUT2D eigenvalue weighted by Gasteiger charge is 2.38. The summed E-state index contributed by atoms with van der Waals surface area (Å²) in [5.41, 5.74) is 2.63. The van der Waals surface area contributed by atoms with Gasteiger partial charge in [0.15, 0.2) is 5.82 Å². The first kappa shape index (κ1) is 22.5. The smallest absolute Gasteiger partial charge is 0.317 e. The number of urea groups is 1. The second-order valence-electron chi connectivity index (χ2n) is 9.41. The number of para-hydroxylation sites is 2. The Morgan fingerprint density at radius 2 is 1.74 bits per heavy atom. The monoisotopic (exact) mass is 463 g/mol. The van der Waals surface area contributed by atoms with Crippen LogP contribution in [-0.2, 0) is 9.53 Å². The highest BCUT2D eigenvalue weighted by Crippen LogP contribution is 2.32. The Bertz CT molecular complexity index is 1180. The number of ether oxygens (including phenoxy) is 1. The number of benzene rings is 1. The lowest BCUT2D eigenvalue weighted by atomic mass is 9.79. The third kappa shape index (κ3) is 4.41. The molecule has 2 aliphatic rings. The quantitative estimate of drug-likeness (QED) is 0.579. The molecule has 0 radical (unpaired) electrons. The minimum absolute atomic E-state index is 0.0786. The molecule has 0 bridgehead atoms. The fourth-order valence-corrected chi connectivity index (χ4v) is 5.43. The predicted molar refractivity (Wildman–Crippen MR) is 132 cm³/mol. The minimum Gasteiger partial charge on any atom is -0.466 e. The van der Waals surface area contributed by atoms with E-state index in [1.54, 1.807) is 0 Å². The van der Waals surface area contributed by atoms with E-state index in [2.05, 4.69) is 32.9 Å². The lowest BCUT2D eigenvalue weighted by molar-refractivity contribution is -0.145. The van der Waals surface area contributed by atoms with Gasteiger partial charge in [-0.1, -0.05) is 31.4 Å². The predicted octanol–water partition coefficient (Wildman–Crippen LogP) is 3.98. The molecule has 1 saturated carbocycles. The molecule has 5 rings (SSSR count). The second kappa shape index (κ2) is 9.52. The highest BCUT2D eigenvalue weighted by atomic mass is 16.5. The summed E-state index contributed by atoms with van der Waals surface area (Å²) in [5, 5.41) is 3.24. The van der Waals surface area contributed by atoms with E-state index in [1.807, 2.05) is 36.1 Å². The van der Waals surface area contributed by atoms with Crippen molar-refractivity contribution in [1.29, 1.82) is 0 Å². The molecule has 0 spiro atoms. The molecule has 3 heterocycles. The number of fused-ring (bicyclic) bond motifs is 3. The molecule has 0 unspecified atom stereocenters. The SMILES string of the molecule is CCOC(=O)CC1(NC(=O)N2CCN(c3nc4ccccc4n4cccc34)CC2)CCCCC1. The number of nitrogens with one attached hydrogen (secondary N) is 1. The van der Waals surface area contributed by atoms with Crippen molar-refractivity contribution < 1.29 is 14.3 Å². The number of carbonyl (C=O) groups excluding carboxylic acids is 2. The van der Waals surface area contributed by atoms with E-state index in [9.17, 15) is 9.59 Å². The summed E-state index contributed by atoms with van der Waals surface area (Å²) >= 11 is 0. The Balaban J connectivity index is 1.28. The van der Waals surface area contributed by atoms with Crippen LogP contribution >= 0.6 is 0 Å². The van der Waals surface area contributed by atoms with E-state index < -0.39 is 5.54 Å². The summed E-state index contributed by atoms with van der Waals surface area (Å²) in [7, 11) is 0. The van der Waals surface area contributed by atoms with Gasteiger partial charge in [0.05, 0.1) is 35.1 Å². The van der Waals surface area contributed by atoms with E-state index in [4.69, 9.17) is 9.72 Å². The first-order valence-electron chi connectivity index (χ1n) is 12.4. The van der Waals surface area contributed by atoms with E-state index in [1.165, 1.54) is 0 Å². The van der Waals surface area contributed by atoms with E-state index in [0.29, 0.717) is 32.8 Å². The zero-order valence-electron chi connectivity index (χ0n) is 19.8. The van der Waals surface area contributed by atoms with Gasteiger partial charge >= 0.3 is 12.0 Å². The van der Waals surface area contributed by atoms with Gasteiger partial charge in [-0.2, -0.15) is 0 Å². The molecule has 1 aliphatic carbocycles. The summed E-state index contributed by atoms with van der Waals surface area (Å²) in [6.07, 6.45) is 7.16. The summed E-state index contributed by atoms with van der Waals surface area (Å²) in [6.45, 7) is 4.83. The van der Waals surface area contributed by atoms with Crippen molar-refractivity contribution in [3.05, 3.63) is 42.6 Å². The molecule has 1 N–H and O–H groups in total. The van der Waals surface area contributed by atoms with Crippen LogP contribution in [-0.4, -0.2) is 64.6 Å². The van der Waals surface area contributed by atoms with E-state index in [0.717, 1.165) is 54.5 Å². The number of amides is 2. The lowest BCUT2D eigenvalue weighted by Crippen LogP contribution is -2.58. The summed E-state index contributed by atoms with van der Waals surface area (Å²) in [6, 6.07) is 12.2. The third-order valence-corrected chi connectivity index (χ3v) is 7.18. The molecule has 180 valence electrons. The fourth-order valence-electron chi connectivity index (χ4n) is 5.43. The number of hydrogen-bond donors (Lipinski definition) is 1. The van der Waals surface area contributed by atoms with Crippen LogP contribution in [0.15, 0.2) is 42.6 Å². The molecule has 0 atom stereocenters. The molecule has 8 heteroatoms. The fraction of sp³-hybridized carbons (Fsp3) is 0.500. The van der Waals surface area contributed by atoms with Crippen molar-refractivity contribution in [2.45, 2.75) is 51.0 Å². The van der Waals surface area contributed by atoms with Gasteiger partial charge < -0.3 is 24.3 Å². The maximum atomic E-state index is 13.2. The molecule has 1 aromatic carbocycles. The van der Waals surface area contributed by atoms with Gasteiger partial charge in [0, 0.05) is 32.4 Å². The normalized spacial score (nSPS) is 18.3. The van der Waals surface area contributed by atoms with Gasteiger partial charge in [-0.05, 0) is 44.0 Å². The van der Waals surface area contributed by atoms with Crippen LogP contribution < -0.4 is 10.2 Å². The van der Waals surface area contributed by atoms with Crippen LogP contribution in [0.5, 0.6) is 0 Å². The number of esters is 1. The first-order chi connectivity index (χ1) is 16.6. The molecule has 8 nitrogen and oxygen atoms in total. The summed E-state index contributed by atoms with van der Waals surface area (Å²) < 4.78 is 7.38. The Labute approximate surface area is 199 Å². The molecular weight excluding hydrogens is 430 g/mol.